The third-order valence-electron chi connectivity index (χ3n) is 3.64. The fourth-order valence-corrected chi connectivity index (χ4v) is 2.42. The van der Waals surface area contributed by atoms with Crippen LogP contribution in [0, 0.1) is 6.92 Å². The minimum Gasteiger partial charge on any atom is -0.388 e. The molecule has 1 amide bonds. The molecule has 0 saturated carbocycles. The first-order valence-corrected chi connectivity index (χ1v) is 7.71. The summed E-state index contributed by atoms with van der Waals surface area (Å²) in [5.74, 6) is 0.0553. The third-order valence-corrected chi connectivity index (χ3v) is 3.64. The van der Waals surface area contributed by atoms with Gasteiger partial charge in [-0.05, 0) is 43.5 Å². The molecule has 0 heterocycles. The van der Waals surface area contributed by atoms with E-state index in [4.69, 9.17) is 0 Å². The van der Waals surface area contributed by atoms with Gasteiger partial charge in [0.05, 0.1) is 0 Å². The first kappa shape index (κ1) is 16.5. The van der Waals surface area contributed by atoms with Crippen molar-refractivity contribution in [3.8, 4) is 0 Å². The molecule has 20 heavy (non-hydrogen) atoms. The molecule has 0 spiro atoms. The van der Waals surface area contributed by atoms with E-state index in [1.165, 1.54) is 12.8 Å². The number of amides is 1. The van der Waals surface area contributed by atoms with E-state index in [0.717, 1.165) is 36.1 Å². The van der Waals surface area contributed by atoms with Gasteiger partial charge in [0.15, 0.2) is 0 Å². The molecule has 3 nitrogen and oxygen atoms in total. The van der Waals surface area contributed by atoms with Gasteiger partial charge in [0.2, 0.25) is 0 Å². The van der Waals surface area contributed by atoms with E-state index >= 15 is 0 Å². The van der Waals surface area contributed by atoms with Crippen molar-refractivity contribution in [1.29, 1.82) is 0 Å². The second-order valence-electron chi connectivity index (χ2n) is 5.38. The number of carbonyl (C=O) groups excluding carboxylic acids is 1. The Morgan fingerprint density at radius 1 is 1.20 bits per heavy atom. The number of hydrogen-bond acceptors (Lipinski definition) is 2. The van der Waals surface area contributed by atoms with Gasteiger partial charge in [-0.15, -0.1) is 0 Å². The predicted octanol–water partition coefficient (Wildman–Crippen LogP) is 4.13. The van der Waals surface area contributed by atoms with Gasteiger partial charge in [0.25, 0.3) is 5.91 Å². The maximum absolute atomic E-state index is 12.4. The molecular weight excluding hydrogens is 248 g/mol. The van der Waals surface area contributed by atoms with E-state index in [1.54, 1.807) is 0 Å². The molecule has 0 bridgehead atoms. The minimum atomic E-state index is 0.0553. The summed E-state index contributed by atoms with van der Waals surface area (Å²) in [6.07, 6.45) is 5.57. The van der Waals surface area contributed by atoms with Crippen LogP contribution in [-0.2, 0) is 0 Å². The average Bonchev–Trinajstić information content (AvgIpc) is 2.44. The molecule has 1 unspecified atom stereocenters. The molecule has 0 aliphatic carbocycles. The molecule has 0 aromatic heterocycles. The third kappa shape index (κ3) is 4.87. The van der Waals surface area contributed by atoms with Crippen molar-refractivity contribution in [2.75, 3.05) is 12.4 Å². The van der Waals surface area contributed by atoms with Crippen LogP contribution >= 0.6 is 0 Å². The van der Waals surface area contributed by atoms with Crippen LogP contribution in [0.2, 0.25) is 0 Å². The molecule has 1 aromatic carbocycles. The van der Waals surface area contributed by atoms with Gasteiger partial charge in [-0.3, -0.25) is 4.79 Å². The highest BCUT2D eigenvalue weighted by Gasteiger charge is 2.14. The lowest BCUT2D eigenvalue weighted by molar-refractivity contribution is 0.0931. The minimum absolute atomic E-state index is 0.0553. The zero-order chi connectivity index (χ0) is 15.0. The van der Waals surface area contributed by atoms with E-state index in [1.807, 2.05) is 32.2 Å². The highest BCUT2D eigenvalue weighted by Crippen LogP contribution is 2.16. The van der Waals surface area contributed by atoms with Crippen LogP contribution in [0.4, 0.5) is 5.69 Å². The van der Waals surface area contributed by atoms with E-state index in [-0.39, 0.29) is 5.91 Å². The maximum atomic E-state index is 12.4. The van der Waals surface area contributed by atoms with E-state index in [2.05, 4.69) is 24.5 Å². The lowest BCUT2D eigenvalue weighted by atomic mass is 10.0. The zero-order valence-corrected chi connectivity index (χ0v) is 13.3. The van der Waals surface area contributed by atoms with Crippen molar-refractivity contribution in [2.45, 2.75) is 58.9 Å². The van der Waals surface area contributed by atoms with Crippen LogP contribution in [0.15, 0.2) is 18.2 Å². The monoisotopic (exact) mass is 276 g/mol. The van der Waals surface area contributed by atoms with Crippen molar-refractivity contribution in [1.82, 2.24) is 5.32 Å². The van der Waals surface area contributed by atoms with Gasteiger partial charge in [-0.2, -0.15) is 0 Å². The van der Waals surface area contributed by atoms with Crippen molar-refractivity contribution >= 4 is 11.6 Å². The number of anilines is 1. The summed E-state index contributed by atoms with van der Waals surface area (Å²) >= 11 is 0. The normalized spacial score (nSPS) is 12.0. The summed E-state index contributed by atoms with van der Waals surface area (Å²) in [4.78, 5) is 12.4. The Bertz CT molecular complexity index is 429. The number of carbonyl (C=O) groups is 1. The molecular formula is C17H28N2O. The zero-order valence-electron chi connectivity index (χ0n) is 13.3. The Morgan fingerprint density at radius 2 is 1.95 bits per heavy atom. The molecule has 112 valence electrons. The standard InChI is InChI=1S/C17H28N2O/c1-5-7-9-14(8-6-2)19-17(20)16-11-10-15(18-4)12-13(16)3/h10-12,14,18H,5-9H2,1-4H3,(H,19,20). The highest BCUT2D eigenvalue weighted by molar-refractivity contribution is 5.96. The van der Waals surface area contributed by atoms with Crippen molar-refractivity contribution in [2.24, 2.45) is 0 Å². The molecule has 1 rings (SSSR count). The largest absolute Gasteiger partial charge is 0.388 e. The van der Waals surface area contributed by atoms with Gasteiger partial charge < -0.3 is 10.6 Å². The first-order chi connectivity index (χ1) is 9.62. The Kier molecular flexibility index (Phi) is 7.13. The Morgan fingerprint density at radius 3 is 2.50 bits per heavy atom. The van der Waals surface area contributed by atoms with Crippen molar-refractivity contribution < 1.29 is 4.79 Å². The molecule has 3 heteroatoms. The SMILES string of the molecule is CCCCC(CCC)NC(=O)c1ccc(NC)cc1C. The van der Waals surface area contributed by atoms with Crippen LogP contribution < -0.4 is 10.6 Å². The summed E-state index contributed by atoms with van der Waals surface area (Å²) in [6, 6.07) is 6.16. The number of hydrogen-bond donors (Lipinski definition) is 2. The quantitative estimate of drug-likeness (QED) is 0.749. The van der Waals surface area contributed by atoms with Crippen LogP contribution in [0.25, 0.3) is 0 Å². The van der Waals surface area contributed by atoms with Gasteiger partial charge >= 0.3 is 0 Å². The molecule has 0 aliphatic rings. The fourth-order valence-electron chi connectivity index (χ4n) is 2.42. The van der Waals surface area contributed by atoms with E-state index in [9.17, 15) is 4.79 Å². The van der Waals surface area contributed by atoms with Crippen LogP contribution in [0.1, 0.15) is 61.9 Å². The molecule has 0 saturated heterocycles. The van der Waals surface area contributed by atoms with Crippen molar-refractivity contribution in [3.63, 3.8) is 0 Å². The second-order valence-corrected chi connectivity index (χ2v) is 5.38. The Balaban J connectivity index is 2.72. The molecule has 0 radical (unpaired) electrons. The van der Waals surface area contributed by atoms with E-state index < -0.39 is 0 Å². The number of unbranched alkanes of at least 4 members (excludes halogenated alkanes) is 1. The predicted molar refractivity (Wildman–Crippen MR) is 86.4 cm³/mol. The van der Waals surface area contributed by atoms with E-state index in [0.29, 0.717) is 6.04 Å². The summed E-state index contributed by atoms with van der Waals surface area (Å²) in [7, 11) is 1.89. The topological polar surface area (TPSA) is 41.1 Å². The second kappa shape index (κ2) is 8.62. The lowest BCUT2D eigenvalue weighted by Crippen LogP contribution is -2.35. The molecule has 0 fully saturated rings. The highest BCUT2D eigenvalue weighted by atomic mass is 16.1. The summed E-state index contributed by atoms with van der Waals surface area (Å²) in [6.45, 7) is 6.33. The summed E-state index contributed by atoms with van der Waals surface area (Å²) in [5.41, 5.74) is 2.83. The van der Waals surface area contributed by atoms with Gasteiger partial charge in [-0.25, -0.2) is 0 Å². The number of aryl methyl sites for hydroxylation is 1. The Hall–Kier alpha value is -1.51. The molecule has 1 aromatic rings. The Labute approximate surface area is 123 Å². The summed E-state index contributed by atoms with van der Waals surface area (Å²) in [5, 5.41) is 6.28. The average molecular weight is 276 g/mol. The maximum Gasteiger partial charge on any atom is 0.251 e. The van der Waals surface area contributed by atoms with Crippen LogP contribution in [0.3, 0.4) is 0 Å². The van der Waals surface area contributed by atoms with Gasteiger partial charge in [0.1, 0.15) is 0 Å². The molecule has 0 aliphatic heterocycles. The van der Waals surface area contributed by atoms with Gasteiger partial charge in [-0.1, -0.05) is 33.1 Å². The van der Waals surface area contributed by atoms with Gasteiger partial charge in [0, 0.05) is 24.3 Å². The number of benzene rings is 1. The lowest BCUT2D eigenvalue weighted by Gasteiger charge is -2.18. The molecule has 1 atom stereocenters. The van der Waals surface area contributed by atoms with Crippen LogP contribution in [0.5, 0.6) is 0 Å². The first-order valence-electron chi connectivity index (χ1n) is 7.71. The smallest absolute Gasteiger partial charge is 0.251 e. The summed E-state index contributed by atoms with van der Waals surface area (Å²) < 4.78 is 0. The number of nitrogens with one attached hydrogen (secondary N) is 2. The fraction of sp³-hybridized carbons (Fsp3) is 0.588. The van der Waals surface area contributed by atoms with Crippen LogP contribution in [-0.4, -0.2) is 19.0 Å². The number of rotatable bonds is 8. The van der Waals surface area contributed by atoms with Crippen molar-refractivity contribution in [3.05, 3.63) is 29.3 Å². The molecule has 2 N–H and O–H groups in total.